The molecule has 0 saturated heterocycles. The Labute approximate surface area is 317 Å². The van der Waals surface area contributed by atoms with Crippen LogP contribution < -0.4 is 10.3 Å². The minimum absolute atomic E-state index is 0.0260. The Morgan fingerprint density at radius 2 is 1.45 bits per heavy atom. The summed E-state index contributed by atoms with van der Waals surface area (Å²) in [5, 5.41) is 16.8. The zero-order chi connectivity index (χ0) is 41.9. The summed E-state index contributed by atoms with van der Waals surface area (Å²) in [7, 11) is 1.00. The summed E-state index contributed by atoms with van der Waals surface area (Å²) in [5.74, 6) is 0.656. The second kappa shape index (κ2) is 19.7. The van der Waals surface area contributed by atoms with Crippen molar-refractivity contribution in [2.45, 2.75) is 99.2 Å². The molecule has 2 N–H and O–H groups in total. The molecule has 13 heteroatoms. The molecule has 1 aliphatic heterocycles. The first-order valence-corrected chi connectivity index (χ1v) is 17.9. The minimum atomic E-state index is -5.03. The number of aryl methyl sites for hydroxylation is 1. The first-order valence-electron chi connectivity index (χ1n) is 17.9. The topological polar surface area (TPSA) is 102 Å². The van der Waals surface area contributed by atoms with E-state index in [9.17, 15) is 35.9 Å². The fourth-order valence-corrected chi connectivity index (χ4v) is 5.83. The van der Waals surface area contributed by atoms with Crippen molar-refractivity contribution in [1.29, 1.82) is 0 Å². The number of aldehydes is 1. The van der Waals surface area contributed by atoms with Gasteiger partial charge >= 0.3 is 12.4 Å². The van der Waals surface area contributed by atoms with E-state index in [0.29, 0.717) is 64.1 Å². The Kier molecular flexibility index (Phi) is 16.6. The molecule has 0 aliphatic carbocycles. The summed E-state index contributed by atoms with van der Waals surface area (Å²) in [6, 6.07) is 11.2. The molecule has 7 nitrogen and oxygen atoms in total. The van der Waals surface area contributed by atoms with Crippen LogP contribution in [0.2, 0.25) is 0 Å². The molecule has 6 rings (SSSR count). The highest BCUT2D eigenvalue weighted by Gasteiger charge is 2.37. The van der Waals surface area contributed by atoms with Crippen molar-refractivity contribution in [3.8, 4) is 16.9 Å². The number of fused-ring (bicyclic) bond motifs is 1. The number of alkyl halides is 6. The van der Waals surface area contributed by atoms with Crippen LogP contribution in [0.5, 0.6) is 5.75 Å². The molecule has 0 atom stereocenters. The first kappa shape index (κ1) is 46.4. The van der Waals surface area contributed by atoms with Crippen LogP contribution in [0, 0.1) is 6.92 Å². The number of nitrogens with zero attached hydrogens (tertiary/aromatic N) is 2. The van der Waals surface area contributed by atoms with Crippen LogP contribution in [-0.4, -0.2) is 45.4 Å². The van der Waals surface area contributed by atoms with Crippen molar-refractivity contribution in [3.05, 3.63) is 105 Å². The van der Waals surface area contributed by atoms with Crippen molar-refractivity contribution in [3.63, 3.8) is 0 Å². The zero-order valence-corrected chi connectivity index (χ0v) is 32.7. The van der Waals surface area contributed by atoms with Gasteiger partial charge in [0.05, 0.1) is 40.9 Å². The fraction of sp³-hybridized carbons (Fsp3) is 0.405. The Balaban J connectivity index is 0.000000776. The molecule has 2 aromatic heterocycles. The third kappa shape index (κ3) is 11.9. The molecule has 0 unspecified atom stereocenters. The molecule has 3 aromatic carbocycles. The Bertz CT molecular complexity index is 2070. The molecule has 0 radical (unpaired) electrons. The van der Waals surface area contributed by atoms with Gasteiger partial charge in [-0.3, -0.25) is 9.78 Å². The molecule has 0 fully saturated rings. The van der Waals surface area contributed by atoms with Crippen molar-refractivity contribution < 1.29 is 46.1 Å². The largest absolute Gasteiger partial charge is 0.493 e. The predicted octanol–water partition coefficient (Wildman–Crippen LogP) is 10.1. The first-order chi connectivity index (χ1) is 25.8. The number of rotatable bonds is 5. The molecule has 0 spiro atoms. The van der Waals surface area contributed by atoms with Gasteiger partial charge in [-0.1, -0.05) is 34.1 Å². The zero-order valence-electron chi connectivity index (χ0n) is 32.7. The maximum Gasteiger partial charge on any atom is 0.416 e. The van der Waals surface area contributed by atoms with Crippen LogP contribution in [0.25, 0.3) is 32.9 Å². The third-order valence-electron chi connectivity index (χ3n) is 7.74. The van der Waals surface area contributed by atoms with Gasteiger partial charge in [-0.15, -0.1) is 0 Å². The van der Waals surface area contributed by atoms with E-state index in [4.69, 9.17) is 14.9 Å². The van der Waals surface area contributed by atoms with Crippen molar-refractivity contribution >= 4 is 28.1 Å². The molecule has 300 valence electrons. The van der Waals surface area contributed by atoms with Gasteiger partial charge in [0, 0.05) is 48.6 Å². The quantitative estimate of drug-likeness (QED) is 0.136. The molecule has 55 heavy (non-hydrogen) atoms. The number of aliphatic hydroxyl groups excluding tert-OH is 1. The van der Waals surface area contributed by atoms with Gasteiger partial charge in [-0.25, -0.2) is 0 Å². The lowest BCUT2D eigenvalue weighted by Gasteiger charge is -2.22. The lowest BCUT2D eigenvalue weighted by atomic mass is 9.88. The summed E-state index contributed by atoms with van der Waals surface area (Å²) in [5.41, 5.74) is 0.0684. The van der Waals surface area contributed by atoms with Gasteiger partial charge in [-0.2, -0.15) is 26.3 Å². The van der Waals surface area contributed by atoms with Gasteiger partial charge < -0.3 is 24.3 Å². The second-order valence-electron chi connectivity index (χ2n) is 13.3. The molecule has 0 bridgehead atoms. The number of aromatic nitrogens is 2. The van der Waals surface area contributed by atoms with E-state index < -0.39 is 41.2 Å². The highest BCUT2D eigenvalue weighted by molar-refractivity contribution is 6.07. The monoisotopic (exact) mass is 776 g/mol. The van der Waals surface area contributed by atoms with Gasteiger partial charge in [0.25, 0.3) is 5.56 Å². The molecule has 0 amide bonds. The summed E-state index contributed by atoms with van der Waals surface area (Å²) >= 11 is 0. The standard InChI is InChI=1S/C32H22F6N2O3.C4H10O.C3H8.C2H6.CH4O/c1-17-12-25-23(3-5-27(42)40(25)16-18-13-20(31(33,34)35)15-21(14-18)32(36,37)38)29(22(17)7-10-41)24-2-4-26-28-19(8-11-43-26)6-9-39-30(24)28;1-4(2,3)5;1-3-2;2*1-2/h2-6,9-10,12-15H,7-8,11,16H2,1H3;5H,1-3H3;3H2,1-2H3;1-2H3;2H,1H3. The average molecular weight is 777 g/mol. The van der Waals surface area contributed by atoms with E-state index in [0.717, 1.165) is 28.9 Å². The van der Waals surface area contributed by atoms with Gasteiger partial charge in [0.1, 0.15) is 12.0 Å². The number of ether oxygens (including phenoxy) is 1. The summed E-state index contributed by atoms with van der Waals surface area (Å²) in [6.07, 6.45) is -5.69. The Morgan fingerprint density at radius 3 is 1.98 bits per heavy atom. The molecular formula is C42H50F6N2O5. The van der Waals surface area contributed by atoms with Crippen molar-refractivity contribution in [2.24, 2.45) is 0 Å². The highest BCUT2D eigenvalue weighted by atomic mass is 19.4. The summed E-state index contributed by atoms with van der Waals surface area (Å²) in [6.45, 7) is 15.2. The van der Waals surface area contributed by atoms with E-state index in [-0.39, 0.29) is 23.6 Å². The predicted molar refractivity (Wildman–Crippen MR) is 206 cm³/mol. The van der Waals surface area contributed by atoms with Gasteiger partial charge in [0.2, 0.25) is 0 Å². The van der Waals surface area contributed by atoms with Crippen molar-refractivity contribution in [2.75, 3.05) is 13.7 Å². The lowest BCUT2D eigenvalue weighted by molar-refractivity contribution is -0.143. The van der Waals surface area contributed by atoms with Crippen LogP contribution in [-0.2, 0) is 36.5 Å². The number of benzene rings is 3. The normalized spacial score (nSPS) is 12.1. The Morgan fingerprint density at radius 1 is 0.891 bits per heavy atom. The summed E-state index contributed by atoms with van der Waals surface area (Å²) in [4.78, 5) is 29.6. The van der Waals surface area contributed by atoms with Crippen LogP contribution >= 0.6 is 0 Å². The van der Waals surface area contributed by atoms with E-state index in [1.807, 2.05) is 19.9 Å². The van der Waals surface area contributed by atoms with Crippen LogP contribution in [0.1, 0.15) is 88.3 Å². The number of carbonyl (C=O) groups is 1. The molecule has 0 saturated carbocycles. The van der Waals surface area contributed by atoms with E-state index in [2.05, 4.69) is 18.8 Å². The highest BCUT2D eigenvalue weighted by Crippen LogP contribution is 2.42. The number of pyridine rings is 2. The maximum atomic E-state index is 13.6. The number of halogens is 6. The van der Waals surface area contributed by atoms with Gasteiger partial charge in [-0.05, 0) is 104 Å². The third-order valence-corrected chi connectivity index (χ3v) is 7.74. The minimum Gasteiger partial charge on any atom is -0.493 e. The van der Waals surface area contributed by atoms with Crippen molar-refractivity contribution in [1.82, 2.24) is 9.55 Å². The van der Waals surface area contributed by atoms with Gasteiger partial charge in [0.15, 0.2) is 0 Å². The lowest BCUT2D eigenvalue weighted by Crippen LogP contribution is -2.21. The molecule has 5 aromatic rings. The number of hydrogen-bond donors (Lipinski definition) is 2. The second-order valence-corrected chi connectivity index (χ2v) is 13.3. The number of hydrogen-bond acceptors (Lipinski definition) is 6. The van der Waals surface area contributed by atoms with E-state index in [1.165, 1.54) is 12.5 Å². The smallest absolute Gasteiger partial charge is 0.416 e. The molecular weight excluding hydrogens is 726 g/mol. The number of carbonyl (C=O) groups excluding carboxylic acids is 1. The average Bonchev–Trinajstić information content (AvgIpc) is 3.11. The number of aliphatic hydroxyl groups is 2. The molecule has 3 heterocycles. The maximum absolute atomic E-state index is 13.6. The summed E-state index contributed by atoms with van der Waals surface area (Å²) < 4.78 is 88.3. The Hall–Kier alpha value is -4.75. The fourth-order valence-electron chi connectivity index (χ4n) is 5.83. The van der Waals surface area contributed by atoms with Crippen LogP contribution in [0.15, 0.2) is 65.6 Å². The SMILES string of the molecule is CC.CC(C)(C)O.CCC.CO.Cc1cc2c(ccc(=O)n2Cc2cc(C(F)(F)F)cc(C(F)(F)F)c2)c(-c2ccc3c4c(ccnc24)CCO3)c1CC=O. The molecule has 1 aliphatic rings. The van der Waals surface area contributed by atoms with Crippen LogP contribution in [0.4, 0.5) is 26.3 Å². The van der Waals surface area contributed by atoms with E-state index in [1.54, 1.807) is 58.2 Å². The van der Waals surface area contributed by atoms with Crippen LogP contribution in [0.3, 0.4) is 0 Å². The van der Waals surface area contributed by atoms with E-state index >= 15 is 0 Å².